The largest absolute Gasteiger partial charge is 0.497 e. The number of hydrogen-bond acceptors (Lipinski definition) is 7. The van der Waals surface area contributed by atoms with E-state index in [9.17, 15) is 14.4 Å². The number of methoxy groups -OCH3 is 2. The second-order valence-corrected chi connectivity index (χ2v) is 8.90. The monoisotopic (exact) mass is 453 g/mol. The molecule has 1 N–H and O–H groups in total. The van der Waals surface area contributed by atoms with E-state index >= 15 is 0 Å². The van der Waals surface area contributed by atoms with Crippen molar-refractivity contribution in [3.05, 3.63) is 52.5 Å². The van der Waals surface area contributed by atoms with Crippen molar-refractivity contribution in [3.8, 4) is 5.75 Å². The van der Waals surface area contributed by atoms with E-state index in [0.29, 0.717) is 36.8 Å². The van der Waals surface area contributed by atoms with Crippen LogP contribution in [0.25, 0.3) is 0 Å². The van der Waals surface area contributed by atoms with E-state index in [-0.39, 0.29) is 24.8 Å². The van der Waals surface area contributed by atoms with Gasteiger partial charge in [-0.15, -0.1) is 0 Å². The predicted octanol–water partition coefficient (Wildman–Crippen LogP) is 1.23. The maximum absolute atomic E-state index is 13.2. The summed E-state index contributed by atoms with van der Waals surface area (Å²) in [7, 11) is 3.23. The van der Waals surface area contributed by atoms with Crippen molar-refractivity contribution in [1.82, 2.24) is 15.1 Å². The Balaban J connectivity index is 1.44. The molecule has 1 saturated heterocycles. The van der Waals surface area contributed by atoms with E-state index in [2.05, 4.69) is 10.2 Å². The van der Waals surface area contributed by atoms with E-state index in [1.165, 1.54) is 0 Å². The lowest BCUT2D eigenvalue weighted by Gasteiger charge is -2.28. The Morgan fingerprint density at radius 2 is 1.97 bits per heavy atom. The fourth-order valence-corrected chi connectivity index (χ4v) is 5.01. The molecular formula is C24H27N3O6. The van der Waals surface area contributed by atoms with Gasteiger partial charge >= 0.3 is 0 Å². The molecule has 9 heteroatoms. The first-order valence-electron chi connectivity index (χ1n) is 11.1. The van der Waals surface area contributed by atoms with Crippen LogP contribution in [-0.2, 0) is 39.3 Å². The summed E-state index contributed by atoms with van der Waals surface area (Å²) in [5, 5.41) is 2.43. The number of benzene rings is 1. The third-order valence-electron chi connectivity index (χ3n) is 6.84. The zero-order valence-corrected chi connectivity index (χ0v) is 18.8. The number of nitrogens with one attached hydrogen (secondary N) is 1. The molecule has 0 aliphatic carbocycles. The quantitative estimate of drug-likeness (QED) is 0.630. The van der Waals surface area contributed by atoms with Crippen LogP contribution in [0.1, 0.15) is 39.4 Å². The number of ether oxygens (including phenoxy) is 2. The fraction of sp³-hybridized carbons (Fsp3) is 0.458. The third kappa shape index (κ3) is 3.71. The van der Waals surface area contributed by atoms with Gasteiger partial charge in [0.1, 0.15) is 22.7 Å². The van der Waals surface area contributed by atoms with Gasteiger partial charge in [-0.1, -0.05) is 6.07 Å². The lowest BCUT2D eigenvalue weighted by molar-refractivity contribution is -0.127. The number of fused-ring (bicyclic) bond motifs is 2. The average molecular weight is 453 g/mol. The first kappa shape index (κ1) is 21.7. The molecule has 3 aliphatic rings. The summed E-state index contributed by atoms with van der Waals surface area (Å²) in [6.45, 7) is 3.42. The number of rotatable bonds is 7. The average Bonchev–Trinajstić information content (AvgIpc) is 3.46. The second-order valence-electron chi connectivity index (χ2n) is 8.90. The SMILES string of the molecule is COCCN1CCc2oc([C@]3(CN4Cc5ccc(OC)cc5C4=O)CC(=O)NC3=O)cc2C1. The molecule has 1 atom stereocenters. The smallest absolute Gasteiger partial charge is 0.254 e. The number of amides is 3. The second kappa shape index (κ2) is 8.31. The zero-order valence-electron chi connectivity index (χ0n) is 18.8. The molecule has 0 saturated carbocycles. The Bertz CT molecular complexity index is 1130. The normalized spacial score (nSPS) is 22.5. The van der Waals surface area contributed by atoms with Gasteiger partial charge in [0.25, 0.3) is 5.91 Å². The molecule has 0 unspecified atom stereocenters. The summed E-state index contributed by atoms with van der Waals surface area (Å²) in [5.74, 6) is 0.927. The Kier molecular flexibility index (Phi) is 5.46. The first-order valence-corrected chi connectivity index (χ1v) is 11.1. The predicted molar refractivity (Wildman–Crippen MR) is 117 cm³/mol. The molecule has 33 heavy (non-hydrogen) atoms. The van der Waals surface area contributed by atoms with Gasteiger partial charge in [-0.05, 0) is 23.8 Å². The third-order valence-corrected chi connectivity index (χ3v) is 6.84. The van der Waals surface area contributed by atoms with Crippen molar-refractivity contribution in [3.63, 3.8) is 0 Å². The number of imide groups is 1. The number of furan rings is 1. The number of carbonyl (C=O) groups is 3. The molecule has 1 aromatic heterocycles. The Morgan fingerprint density at radius 3 is 2.70 bits per heavy atom. The van der Waals surface area contributed by atoms with Crippen LogP contribution in [0.15, 0.2) is 28.7 Å². The van der Waals surface area contributed by atoms with Gasteiger partial charge in [-0.25, -0.2) is 0 Å². The van der Waals surface area contributed by atoms with Gasteiger partial charge in [0.2, 0.25) is 11.8 Å². The van der Waals surface area contributed by atoms with Crippen LogP contribution in [0.5, 0.6) is 5.75 Å². The van der Waals surface area contributed by atoms with Gasteiger partial charge < -0.3 is 18.8 Å². The topological polar surface area (TPSA) is 101 Å². The summed E-state index contributed by atoms with van der Waals surface area (Å²) in [5.41, 5.74) is 1.20. The molecule has 3 amide bonds. The summed E-state index contributed by atoms with van der Waals surface area (Å²) in [4.78, 5) is 42.5. The maximum atomic E-state index is 13.2. The standard InChI is InChI=1S/C24H27N3O6/c1-31-8-7-26-6-5-19-16(12-26)9-20(33-19)24(11-21(28)25-23(24)30)14-27-13-15-3-4-17(32-2)10-18(15)22(27)29/h3-4,9-10H,5-8,11-14H2,1-2H3,(H,25,28,30)/t24-/m1/s1. The van der Waals surface area contributed by atoms with Crippen molar-refractivity contribution in [2.45, 2.75) is 31.3 Å². The molecule has 174 valence electrons. The van der Waals surface area contributed by atoms with Gasteiger partial charge in [-0.2, -0.15) is 0 Å². The highest BCUT2D eigenvalue weighted by Crippen LogP contribution is 2.39. The van der Waals surface area contributed by atoms with E-state index in [1.54, 1.807) is 25.2 Å². The molecule has 1 aromatic carbocycles. The first-order chi connectivity index (χ1) is 15.9. The van der Waals surface area contributed by atoms with Crippen LogP contribution >= 0.6 is 0 Å². The highest BCUT2D eigenvalue weighted by atomic mass is 16.5. The molecule has 0 spiro atoms. The lowest BCUT2D eigenvalue weighted by Crippen LogP contribution is -2.46. The van der Waals surface area contributed by atoms with Crippen LogP contribution in [-0.4, -0.2) is 68.0 Å². The minimum Gasteiger partial charge on any atom is -0.497 e. The summed E-state index contributed by atoms with van der Waals surface area (Å²) < 4.78 is 16.6. The van der Waals surface area contributed by atoms with Gasteiger partial charge in [0.05, 0.1) is 20.1 Å². The molecule has 1 fully saturated rings. The van der Waals surface area contributed by atoms with Crippen molar-refractivity contribution in [2.75, 3.05) is 40.5 Å². The number of nitrogens with zero attached hydrogens (tertiary/aromatic N) is 2. The number of carbonyl (C=O) groups excluding carboxylic acids is 3. The zero-order chi connectivity index (χ0) is 23.2. The Morgan fingerprint density at radius 1 is 1.12 bits per heavy atom. The fourth-order valence-electron chi connectivity index (χ4n) is 5.01. The van der Waals surface area contributed by atoms with Crippen LogP contribution < -0.4 is 10.1 Å². The van der Waals surface area contributed by atoms with Gasteiger partial charge in [-0.3, -0.25) is 24.6 Å². The highest BCUT2D eigenvalue weighted by Gasteiger charge is 2.53. The van der Waals surface area contributed by atoms with E-state index < -0.39 is 11.3 Å². The van der Waals surface area contributed by atoms with Crippen LogP contribution in [0.3, 0.4) is 0 Å². The summed E-state index contributed by atoms with van der Waals surface area (Å²) in [6.07, 6.45) is 0.674. The van der Waals surface area contributed by atoms with Crippen molar-refractivity contribution >= 4 is 17.7 Å². The van der Waals surface area contributed by atoms with Crippen LogP contribution in [0.4, 0.5) is 0 Å². The van der Waals surface area contributed by atoms with Crippen molar-refractivity contribution in [2.24, 2.45) is 0 Å². The molecule has 2 aromatic rings. The molecule has 9 nitrogen and oxygen atoms in total. The molecule has 3 aliphatic heterocycles. The van der Waals surface area contributed by atoms with Gasteiger partial charge in [0.15, 0.2) is 0 Å². The molecule has 0 radical (unpaired) electrons. The van der Waals surface area contributed by atoms with Gasteiger partial charge in [0, 0.05) is 57.4 Å². The Labute approximate surface area is 191 Å². The Hall–Kier alpha value is -3.17. The van der Waals surface area contributed by atoms with Crippen molar-refractivity contribution in [1.29, 1.82) is 0 Å². The van der Waals surface area contributed by atoms with Crippen LogP contribution in [0.2, 0.25) is 0 Å². The van der Waals surface area contributed by atoms with E-state index in [4.69, 9.17) is 13.9 Å². The number of hydrogen-bond donors (Lipinski definition) is 1. The molecule has 0 bridgehead atoms. The minimum absolute atomic E-state index is 0.0466. The summed E-state index contributed by atoms with van der Waals surface area (Å²) >= 11 is 0. The van der Waals surface area contributed by atoms with Crippen molar-refractivity contribution < 1.29 is 28.3 Å². The van der Waals surface area contributed by atoms with Crippen LogP contribution in [0, 0.1) is 0 Å². The summed E-state index contributed by atoms with van der Waals surface area (Å²) in [6, 6.07) is 7.28. The maximum Gasteiger partial charge on any atom is 0.254 e. The highest BCUT2D eigenvalue weighted by molar-refractivity contribution is 6.09. The minimum atomic E-state index is -1.24. The lowest BCUT2D eigenvalue weighted by atomic mass is 9.82. The molecular weight excluding hydrogens is 426 g/mol. The molecule has 5 rings (SSSR count). The van der Waals surface area contributed by atoms with E-state index in [0.717, 1.165) is 36.4 Å². The molecule has 4 heterocycles. The van der Waals surface area contributed by atoms with E-state index in [1.807, 2.05) is 18.2 Å².